The average molecular weight is 275 g/mol. The van der Waals surface area contributed by atoms with Crippen molar-refractivity contribution >= 4 is 40.7 Å². The highest BCUT2D eigenvalue weighted by Gasteiger charge is 2.31. The van der Waals surface area contributed by atoms with Gasteiger partial charge < -0.3 is 0 Å². The maximum absolute atomic E-state index is 11.4. The van der Waals surface area contributed by atoms with Crippen molar-refractivity contribution in [1.82, 2.24) is 0 Å². The summed E-state index contributed by atoms with van der Waals surface area (Å²) in [6.45, 7) is 2.00. The molecule has 1 saturated carbocycles. The molecule has 2 atom stereocenters. The van der Waals surface area contributed by atoms with Crippen LogP contribution in [0.5, 0.6) is 0 Å². The quantitative estimate of drug-likeness (QED) is 0.793. The van der Waals surface area contributed by atoms with Crippen LogP contribution in [-0.2, 0) is 4.79 Å². The third kappa shape index (κ3) is 2.55. The van der Waals surface area contributed by atoms with Gasteiger partial charge in [-0.3, -0.25) is 4.79 Å². The number of thioether (sulfide) groups is 1. The molecule has 0 N–H and O–H groups in total. The third-order valence-electron chi connectivity index (χ3n) is 2.92. The van der Waals surface area contributed by atoms with Crippen LogP contribution in [0.2, 0.25) is 10.0 Å². The number of halogens is 2. The van der Waals surface area contributed by atoms with Crippen molar-refractivity contribution in [3.8, 4) is 0 Å². The summed E-state index contributed by atoms with van der Waals surface area (Å²) >= 11 is 13.5. The SMILES string of the molecule is CC1C(=O)CCC1Sc1ccc(Cl)c(Cl)c1. The van der Waals surface area contributed by atoms with E-state index in [1.807, 2.05) is 19.1 Å². The highest BCUT2D eigenvalue weighted by molar-refractivity contribution is 8.00. The molecule has 1 fully saturated rings. The van der Waals surface area contributed by atoms with Crippen molar-refractivity contribution in [2.24, 2.45) is 5.92 Å². The largest absolute Gasteiger partial charge is 0.299 e. The molecule has 0 spiro atoms. The van der Waals surface area contributed by atoms with E-state index in [4.69, 9.17) is 23.2 Å². The number of ketones is 1. The Morgan fingerprint density at radius 3 is 2.62 bits per heavy atom. The predicted octanol–water partition coefficient (Wildman–Crippen LogP) is 4.45. The molecule has 2 rings (SSSR count). The highest BCUT2D eigenvalue weighted by Crippen LogP contribution is 2.38. The van der Waals surface area contributed by atoms with Gasteiger partial charge in [-0.15, -0.1) is 11.8 Å². The molecule has 4 heteroatoms. The normalized spacial score (nSPS) is 25.1. The fourth-order valence-electron chi connectivity index (χ4n) is 1.86. The molecule has 0 heterocycles. The summed E-state index contributed by atoms with van der Waals surface area (Å²) in [4.78, 5) is 12.5. The summed E-state index contributed by atoms with van der Waals surface area (Å²) in [5, 5.41) is 1.52. The molecule has 1 aliphatic rings. The lowest BCUT2D eigenvalue weighted by Gasteiger charge is -2.13. The molecule has 0 saturated heterocycles. The van der Waals surface area contributed by atoms with Crippen LogP contribution < -0.4 is 0 Å². The van der Waals surface area contributed by atoms with E-state index in [0.29, 0.717) is 27.5 Å². The smallest absolute Gasteiger partial charge is 0.136 e. The van der Waals surface area contributed by atoms with Gasteiger partial charge in [-0.25, -0.2) is 0 Å². The van der Waals surface area contributed by atoms with Gasteiger partial charge in [0.2, 0.25) is 0 Å². The van der Waals surface area contributed by atoms with Crippen LogP contribution in [-0.4, -0.2) is 11.0 Å². The van der Waals surface area contributed by atoms with Gasteiger partial charge in [-0.2, -0.15) is 0 Å². The molecule has 16 heavy (non-hydrogen) atoms. The summed E-state index contributed by atoms with van der Waals surface area (Å²) in [7, 11) is 0. The predicted molar refractivity (Wildman–Crippen MR) is 69.5 cm³/mol. The number of benzene rings is 1. The van der Waals surface area contributed by atoms with E-state index >= 15 is 0 Å². The Labute approximate surface area is 110 Å². The van der Waals surface area contributed by atoms with Gasteiger partial charge in [-0.1, -0.05) is 30.1 Å². The van der Waals surface area contributed by atoms with E-state index in [-0.39, 0.29) is 5.92 Å². The molecule has 1 aliphatic carbocycles. The Hall–Kier alpha value is -0.180. The zero-order valence-electron chi connectivity index (χ0n) is 8.87. The number of Topliss-reactive ketones (excluding diaryl/α,β-unsaturated/α-hetero) is 1. The summed E-state index contributed by atoms with van der Waals surface area (Å²) in [6.07, 6.45) is 1.67. The van der Waals surface area contributed by atoms with Crippen molar-refractivity contribution in [2.75, 3.05) is 0 Å². The standard InChI is InChI=1S/C12H12Cl2OS/c1-7-11(15)4-5-12(7)16-8-2-3-9(13)10(14)6-8/h2-3,6-7,12H,4-5H2,1H3. The molecule has 1 nitrogen and oxygen atoms in total. The van der Waals surface area contributed by atoms with Crippen LogP contribution in [0.25, 0.3) is 0 Å². The minimum Gasteiger partial charge on any atom is -0.299 e. The number of hydrogen-bond donors (Lipinski definition) is 0. The molecular weight excluding hydrogens is 263 g/mol. The first kappa shape index (κ1) is 12.3. The van der Waals surface area contributed by atoms with Crippen LogP contribution in [0.3, 0.4) is 0 Å². The van der Waals surface area contributed by atoms with Crippen LogP contribution >= 0.6 is 35.0 Å². The monoisotopic (exact) mass is 274 g/mol. The first-order chi connectivity index (χ1) is 7.58. The lowest BCUT2D eigenvalue weighted by Crippen LogP contribution is -2.11. The molecule has 0 aliphatic heterocycles. The molecule has 2 unspecified atom stereocenters. The number of rotatable bonds is 2. The van der Waals surface area contributed by atoms with E-state index < -0.39 is 0 Å². The third-order valence-corrected chi connectivity index (χ3v) is 5.13. The molecule has 0 aromatic heterocycles. The Morgan fingerprint density at radius 1 is 1.31 bits per heavy atom. The topological polar surface area (TPSA) is 17.1 Å². The first-order valence-corrected chi connectivity index (χ1v) is 6.86. The Bertz CT molecular complexity index is 419. The summed E-state index contributed by atoms with van der Waals surface area (Å²) < 4.78 is 0. The number of hydrogen-bond acceptors (Lipinski definition) is 2. The van der Waals surface area contributed by atoms with Crippen LogP contribution in [0, 0.1) is 5.92 Å². The van der Waals surface area contributed by atoms with Crippen molar-refractivity contribution in [3.05, 3.63) is 28.2 Å². The van der Waals surface area contributed by atoms with Gasteiger partial charge in [-0.05, 0) is 24.6 Å². The van der Waals surface area contributed by atoms with E-state index in [9.17, 15) is 4.79 Å². The maximum Gasteiger partial charge on any atom is 0.136 e. The van der Waals surface area contributed by atoms with E-state index in [0.717, 1.165) is 11.3 Å². The molecule has 0 radical (unpaired) electrons. The second-order valence-electron chi connectivity index (χ2n) is 4.03. The number of carbonyl (C=O) groups is 1. The number of carbonyl (C=O) groups excluding carboxylic acids is 1. The highest BCUT2D eigenvalue weighted by atomic mass is 35.5. The molecule has 0 amide bonds. The zero-order chi connectivity index (χ0) is 11.7. The molecule has 86 valence electrons. The molecular formula is C12H12Cl2OS. The molecule has 0 bridgehead atoms. The zero-order valence-corrected chi connectivity index (χ0v) is 11.2. The minimum absolute atomic E-state index is 0.152. The van der Waals surface area contributed by atoms with Crippen LogP contribution in [0.4, 0.5) is 0 Å². The second kappa shape index (κ2) is 4.99. The van der Waals surface area contributed by atoms with Gasteiger partial charge >= 0.3 is 0 Å². The van der Waals surface area contributed by atoms with Crippen LogP contribution in [0.15, 0.2) is 23.1 Å². The van der Waals surface area contributed by atoms with Gasteiger partial charge in [0.05, 0.1) is 10.0 Å². The van der Waals surface area contributed by atoms with E-state index in [2.05, 4.69) is 0 Å². The minimum atomic E-state index is 0.152. The van der Waals surface area contributed by atoms with Gasteiger partial charge in [0, 0.05) is 22.5 Å². The van der Waals surface area contributed by atoms with Gasteiger partial charge in [0.25, 0.3) is 0 Å². The molecule has 1 aromatic carbocycles. The van der Waals surface area contributed by atoms with Crippen molar-refractivity contribution in [2.45, 2.75) is 29.9 Å². The fourth-order valence-corrected chi connectivity index (χ4v) is 3.49. The lowest BCUT2D eigenvalue weighted by molar-refractivity contribution is -0.120. The maximum atomic E-state index is 11.4. The summed E-state index contributed by atoms with van der Waals surface area (Å²) in [6, 6.07) is 5.62. The van der Waals surface area contributed by atoms with Gasteiger partial charge in [0.1, 0.15) is 5.78 Å². The summed E-state index contributed by atoms with van der Waals surface area (Å²) in [5.41, 5.74) is 0. The molecule has 1 aromatic rings. The second-order valence-corrected chi connectivity index (χ2v) is 6.15. The van der Waals surface area contributed by atoms with Gasteiger partial charge in [0.15, 0.2) is 0 Å². The first-order valence-electron chi connectivity index (χ1n) is 5.22. The lowest BCUT2D eigenvalue weighted by atomic mass is 10.1. The average Bonchev–Trinajstić information content (AvgIpc) is 2.55. The van der Waals surface area contributed by atoms with Crippen molar-refractivity contribution in [3.63, 3.8) is 0 Å². The van der Waals surface area contributed by atoms with Crippen molar-refractivity contribution in [1.29, 1.82) is 0 Å². The Kier molecular flexibility index (Phi) is 3.83. The van der Waals surface area contributed by atoms with E-state index in [1.165, 1.54) is 0 Å². The Morgan fingerprint density at radius 2 is 2.06 bits per heavy atom. The summed E-state index contributed by atoms with van der Waals surface area (Å²) in [5.74, 6) is 0.525. The fraction of sp³-hybridized carbons (Fsp3) is 0.417. The van der Waals surface area contributed by atoms with Crippen LogP contribution in [0.1, 0.15) is 19.8 Å². The van der Waals surface area contributed by atoms with E-state index in [1.54, 1.807) is 17.8 Å². The Balaban J connectivity index is 2.09. The van der Waals surface area contributed by atoms with Crippen molar-refractivity contribution < 1.29 is 4.79 Å².